The average molecular weight is 350 g/mol. The smallest absolute Gasteiger partial charge is 0.335 e. The minimum Gasteiger partial charge on any atom is -0.478 e. The lowest BCUT2D eigenvalue weighted by atomic mass is 10.1. The van der Waals surface area contributed by atoms with Gasteiger partial charge in [0, 0.05) is 6.08 Å². The fourth-order valence-corrected chi connectivity index (χ4v) is 2.58. The van der Waals surface area contributed by atoms with Crippen LogP contribution in [0.3, 0.4) is 0 Å². The molecule has 1 heterocycles. The van der Waals surface area contributed by atoms with Gasteiger partial charge in [0.2, 0.25) is 0 Å². The maximum Gasteiger partial charge on any atom is 0.335 e. The van der Waals surface area contributed by atoms with Crippen LogP contribution in [0.4, 0.5) is 0 Å². The summed E-state index contributed by atoms with van der Waals surface area (Å²) in [7, 11) is 0. The predicted molar refractivity (Wildman–Crippen MR) is 95.7 cm³/mol. The molecule has 7 heteroatoms. The Morgan fingerprint density at radius 1 is 1.12 bits per heavy atom. The van der Waals surface area contributed by atoms with E-state index in [9.17, 15) is 14.4 Å². The topological polar surface area (TPSA) is 109 Å². The van der Waals surface area contributed by atoms with Gasteiger partial charge in [-0.3, -0.25) is 9.36 Å². The van der Waals surface area contributed by atoms with Crippen LogP contribution in [-0.4, -0.2) is 31.7 Å². The second-order valence-electron chi connectivity index (χ2n) is 5.67. The van der Waals surface area contributed by atoms with Gasteiger partial charge in [0.1, 0.15) is 6.33 Å². The van der Waals surface area contributed by atoms with Gasteiger partial charge in [0.15, 0.2) is 0 Å². The number of aromatic carboxylic acids is 1. The zero-order valence-electron chi connectivity index (χ0n) is 13.7. The molecule has 0 spiro atoms. The Labute approximate surface area is 147 Å². The Bertz CT molecular complexity index is 1130. The number of carboxylic acids is 2. The van der Waals surface area contributed by atoms with Crippen LogP contribution < -0.4 is 5.56 Å². The van der Waals surface area contributed by atoms with Gasteiger partial charge < -0.3 is 10.2 Å². The second-order valence-corrected chi connectivity index (χ2v) is 5.67. The van der Waals surface area contributed by atoms with Crippen molar-refractivity contribution in [2.75, 3.05) is 0 Å². The molecule has 26 heavy (non-hydrogen) atoms. The molecule has 3 aromatic rings. The van der Waals surface area contributed by atoms with Crippen molar-refractivity contribution in [3.63, 3.8) is 0 Å². The van der Waals surface area contributed by atoms with Crippen molar-refractivity contribution in [2.45, 2.75) is 6.92 Å². The van der Waals surface area contributed by atoms with Crippen LogP contribution in [0.15, 0.2) is 53.6 Å². The summed E-state index contributed by atoms with van der Waals surface area (Å²) in [5, 5.41) is 18.2. The molecule has 0 saturated heterocycles. The number of fused-ring (bicyclic) bond motifs is 1. The normalized spacial score (nSPS) is 11.1. The van der Waals surface area contributed by atoms with Crippen LogP contribution in [0.25, 0.3) is 22.7 Å². The summed E-state index contributed by atoms with van der Waals surface area (Å²) in [5.74, 6) is -2.18. The van der Waals surface area contributed by atoms with Crippen LogP contribution >= 0.6 is 0 Å². The number of hydrogen-bond acceptors (Lipinski definition) is 4. The minimum absolute atomic E-state index is 0.0655. The number of aromatic nitrogens is 2. The van der Waals surface area contributed by atoms with Crippen molar-refractivity contribution >= 4 is 28.9 Å². The highest BCUT2D eigenvalue weighted by molar-refractivity contribution is 5.89. The maximum absolute atomic E-state index is 12.9. The Kier molecular flexibility index (Phi) is 4.36. The van der Waals surface area contributed by atoms with E-state index < -0.39 is 11.9 Å². The SMILES string of the molecule is Cc1ccc(C(=O)O)cc1-n1cnc2ccc(C=CC(=O)O)cc2c1=O. The fraction of sp³-hybridized carbons (Fsp3) is 0.0526. The first kappa shape index (κ1) is 17.1. The van der Waals surface area contributed by atoms with Crippen LogP contribution in [0.5, 0.6) is 0 Å². The molecule has 0 saturated carbocycles. The molecule has 0 unspecified atom stereocenters. The summed E-state index contributed by atoms with van der Waals surface area (Å²) in [6, 6.07) is 9.35. The quantitative estimate of drug-likeness (QED) is 0.700. The van der Waals surface area contributed by atoms with Crippen LogP contribution in [0, 0.1) is 6.92 Å². The standard InChI is InChI=1S/C19H14N2O5/c1-11-2-5-13(19(25)26)9-16(11)21-10-20-15-6-3-12(4-7-17(22)23)8-14(15)18(21)24/h2-10H,1H3,(H,22,23)(H,25,26). The monoisotopic (exact) mass is 350 g/mol. The van der Waals surface area contributed by atoms with E-state index in [-0.39, 0.29) is 11.1 Å². The Morgan fingerprint density at radius 2 is 1.88 bits per heavy atom. The summed E-state index contributed by atoms with van der Waals surface area (Å²) in [6.45, 7) is 1.77. The molecule has 0 aliphatic heterocycles. The Morgan fingerprint density at radius 3 is 2.58 bits per heavy atom. The highest BCUT2D eigenvalue weighted by Gasteiger charge is 2.11. The van der Waals surface area contributed by atoms with Crippen LogP contribution in [0.1, 0.15) is 21.5 Å². The van der Waals surface area contributed by atoms with Gasteiger partial charge in [-0.1, -0.05) is 12.1 Å². The molecule has 0 aliphatic carbocycles. The molecule has 2 aromatic carbocycles. The van der Waals surface area contributed by atoms with Crippen molar-refractivity contribution in [2.24, 2.45) is 0 Å². The van der Waals surface area contributed by atoms with Gasteiger partial charge in [-0.2, -0.15) is 0 Å². The molecule has 1 aromatic heterocycles. The first-order valence-electron chi connectivity index (χ1n) is 7.63. The molecule has 3 rings (SSSR count). The number of benzene rings is 2. The highest BCUT2D eigenvalue weighted by atomic mass is 16.4. The van der Waals surface area contributed by atoms with E-state index in [4.69, 9.17) is 10.2 Å². The van der Waals surface area contributed by atoms with Crippen LogP contribution in [0.2, 0.25) is 0 Å². The predicted octanol–water partition coefficient (Wildman–Crippen LogP) is 2.49. The van der Waals surface area contributed by atoms with E-state index >= 15 is 0 Å². The third kappa shape index (κ3) is 3.23. The number of rotatable bonds is 4. The lowest BCUT2D eigenvalue weighted by Gasteiger charge is -2.11. The molecule has 0 amide bonds. The largest absolute Gasteiger partial charge is 0.478 e. The number of aliphatic carboxylic acids is 1. The summed E-state index contributed by atoms with van der Waals surface area (Å²) in [4.78, 5) is 39.0. The number of aryl methyl sites for hydroxylation is 1. The maximum atomic E-state index is 12.9. The van der Waals surface area contributed by atoms with E-state index in [1.807, 2.05) is 0 Å². The summed E-state index contributed by atoms with van der Waals surface area (Å²) in [6.07, 6.45) is 3.72. The van der Waals surface area contributed by atoms with Gasteiger partial charge in [-0.05, 0) is 48.4 Å². The van der Waals surface area contributed by atoms with E-state index in [1.165, 1.54) is 29.1 Å². The minimum atomic E-state index is -1.09. The van der Waals surface area contributed by atoms with Gasteiger partial charge in [0.05, 0.1) is 22.2 Å². The molecule has 0 fully saturated rings. The summed E-state index contributed by atoms with van der Waals surface area (Å²) >= 11 is 0. The van der Waals surface area contributed by atoms with E-state index in [0.717, 1.165) is 11.6 Å². The Balaban J connectivity index is 2.21. The van der Waals surface area contributed by atoms with Crippen molar-refractivity contribution in [3.8, 4) is 5.69 Å². The fourth-order valence-electron chi connectivity index (χ4n) is 2.58. The Hall–Kier alpha value is -3.74. The lowest BCUT2D eigenvalue weighted by Crippen LogP contribution is -2.20. The molecule has 0 bridgehead atoms. The zero-order chi connectivity index (χ0) is 18.8. The van der Waals surface area contributed by atoms with Crippen LogP contribution in [-0.2, 0) is 4.79 Å². The van der Waals surface area contributed by atoms with E-state index in [1.54, 1.807) is 31.2 Å². The van der Waals surface area contributed by atoms with Crippen molar-refractivity contribution in [1.82, 2.24) is 9.55 Å². The third-order valence-electron chi connectivity index (χ3n) is 3.92. The lowest BCUT2D eigenvalue weighted by molar-refractivity contribution is -0.131. The van der Waals surface area contributed by atoms with Gasteiger partial charge in [-0.15, -0.1) is 0 Å². The number of nitrogens with zero attached hydrogens (tertiary/aromatic N) is 2. The molecule has 0 radical (unpaired) electrons. The number of carbonyl (C=O) groups is 2. The molecule has 130 valence electrons. The van der Waals surface area contributed by atoms with E-state index in [2.05, 4.69) is 4.98 Å². The van der Waals surface area contributed by atoms with Crippen molar-refractivity contribution in [3.05, 3.63) is 75.8 Å². The second kappa shape index (κ2) is 6.64. The molecule has 7 nitrogen and oxygen atoms in total. The third-order valence-corrected chi connectivity index (χ3v) is 3.92. The average Bonchev–Trinajstić information content (AvgIpc) is 2.61. The molecular weight excluding hydrogens is 336 g/mol. The van der Waals surface area contributed by atoms with Crippen molar-refractivity contribution in [1.29, 1.82) is 0 Å². The summed E-state index contributed by atoms with van der Waals surface area (Å²) < 4.78 is 1.29. The number of hydrogen-bond donors (Lipinski definition) is 2. The number of carboxylic acid groups (broad SMARTS) is 2. The molecule has 2 N–H and O–H groups in total. The molecular formula is C19H14N2O5. The molecule has 0 atom stereocenters. The first-order chi connectivity index (χ1) is 12.4. The van der Waals surface area contributed by atoms with Gasteiger partial charge in [0.25, 0.3) is 5.56 Å². The summed E-state index contributed by atoms with van der Waals surface area (Å²) in [5.41, 5.74) is 1.86. The van der Waals surface area contributed by atoms with Gasteiger partial charge >= 0.3 is 11.9 Å². The zero-order valence-corrected chi connectivity index (χ0v) is 13.7. The van der Waals surface area contributed by atoms with Crippen molar-refractivity contribution < 1.29 is 19.8 Å². The van der Waals surface area contributed by atoms with Gasteiger partial charge in [-0.25, -0.2) is 14.6 Å². The first-order valence-corrected chi connectivity index (χ1v) is 7.63. The molecule has 0 aliphatic rings. The van der Waals surface area contributed by atoms with E-state index in [0.29, 0.717) is 22.2 Å². The highest BCUT2D eigenvalue weighted by Crippen LogP contribution is 2.17.